The molecule has 2 aromatic carbocycles. The molecule has 0 fully saturated rings. The number of nitriles is 1. The van der Waals surface area contributed by atoms with E-state index in [1.807, 2.05) is 30.3 Å². The summed E-state index contributed by atoms with van der Waals surface area (Å²) in [5.41, 5.74) is 1.04. The highest BCUT2D eigenvalue weighted by Gasteiger charge is 2.10. The zero-order valence-electron chi connectivity index (χ0n) is 8.57. The maximum absolute atomic E-state index is 9.03. The average Bonchev–Trinajstić information content (AvgIpc) is 2.31. The fraction of sp³-hybridized carbons (Fsp3) is 0.154. The second-order valence-corrected chi connectivity index (χ2v) is 3.42. The lowest BCUT2D eigenvalue weighted by atomic mass is 10.00. The van der Waals surface area contributed by atoms with Crippen molar-refractivity contribution in [2.24, 2.45) is 0 Å². The number of rotatable bonds is 2. The Morgan fingerprint density at radius 3 is 2.60 bits per heavy atom. The lowest BCUT2D eigenvalue weighted by Gasteiger charge is -2.11. The third-order valence-electron chi connectivity index (χ3n) is 2.55. The fourth-order valence-electron chi connectivity index (χ4n) is 1.79. The first kappa shape index (κ1) is 9.70. The Labute approximate surface area is 89.2 Å². The fourth-order valence-corrected chi connectivity index (χ4v) is 1.79. The van der Waals surface area contributed by atoms with E-state index < -0.39 is 0 Å². The Balaban J connectivity index is 2.66. The second-order valence-electron chi connectivity index (χ2n) is 3.42. The van der Waals surface area contributed by atoms with Gasteiger partial charge in [0.15, 0.2) is 0 Å². The van der Waals surface area contributed by atoms with Crippen molar-refractivity contribution < 1.29 is 0 Å². The molecular weight excluding hydrogens is 184 g/mol. The molecule has 0 bridgehead atoms. The summed E-state index contributed by atoms with van der Waals surface area (Å²) in [6.07, 6.45) is 0. The zero-order valence-corrected chi connectivity index (χ0v) is 8.57. The van der Waals surface area contributed by atoms with E-state index in [2.05, 4.69) is 23.5 Å². The van der Waals surface area contributed by atoms with Crippen molar-refractivity contribution in [3.63, 3.8) is 0 Å². The molecule has 74 valence electrons. The average molecular weight is 196 g/mol. The Morgan fingerprint density at radius 1 is 1.13 bits per heavy atom. The Bertz CT molecular complexity index is 506. The quantitative estimate of drug-likeness (QED) is 0.801. The van der Waals surface area contributed by atoms with Crippen molar-refractivity contribution in [1.29, 1.82) is 5.26 Å². The van der Waals surface area contributed by atoms with Gasteiger partial charge in [-0.2, -0.15) is 5.26 Å². The highest BCUT2D eigenvalue weighted by molar-refractivity contribution is 5.86. The van der Waals surface area contributed by atoms with Gasteiger partial charge in [-0.1, -0.05) is 42.5 Å². The van der Waals surface area contributed by atoms with Crippen LogP contribution in [-0.4, -0.2) is 7.05 Å². The normalized spacial score (nSPS) is 12.3. The van der Waals surface area contributed by atoms with Crippen molar-refractivity contribution in [2.75, 3.05) is 7.05 Å². The van der Waals surface area contributed by atoms with Crippen LogP contribution in [0.3, 0.4) is 0 Å². The van der Waals surface area contributed by atoms with Gasteiger partial charge in [-0.3, -0.25) is 0 Å². The van der Waals surface area contributed by atoms with Crippen LogP contribution in [0.2, 0.25) is 0 Å². The molecule has 0 aliphatic rings. The first-order valence-corrected chi connectivity index (χ1v) is 4.91. The summed E-state index contributed by atoms with van der Waals surface area (Å²) in [5.74, 6) is 0. The van der Waals surface area contributed by atoms with Crippen LogP contribution < -0.4 is 5.32 Å². The van der Waals surface area contributed by atoms with Gasteiger partial charge in [-0.05, 0) is 23.4 Å². The van der Waals surface area contributed by atoms with Gasteiger partial charge in [0, 0.05) is 0 Å². The predicted molar refractivity (Wildman–Crippen MR) is 61.4 cm³/mol. The minimum atomic E-state index is -0.240. The van der Waals surface area contributed by atoms with Crippen molar-refractivity contribution in [3.05, 3.63) is 48.0 Å². The van der Waals surface area contributed by atoms with Crippen LogP contribution in [0.25, 0.3) is 10.8 Å². The summed E-state index contributed by atoms with van der Waals surface area (Å²) in [6.45, 7) is 0. The van der Waals surface area contributed by atoms with E-state index in [1.54, 1.807) is 7.05 Å². The molecule has 0 unspecified atom stereocenters. The summed E-state index contributed by atoms with van der Waals surface area (Å²) in [5, 5.41) is 14.3. The van der Waals surface area contributed by atoms with Crippen LogP contribution in [0.1, 0.15) is 11.6 Å². The van der Waals surface area contributed by atoms with E-state index in [0.29, 0.717) is 0 Å². The Hall–Kier alpha value is -1.85. The van der Waals surface area contributed by atoms with Gasteiger partial charge in [0.1, 0.15) is 6.04 Å². The molecule has 0 saturated heterocycles. The topological polar surface area (TPSA) is 35.8 Å². The number of fused-ring (bicyclic) bond motifs is 1. The number of nitrogens with one attached hydrogen (secondary N) is 1. The number of hydrogen-bond donors (Lipinski definition) is 1. The summed E-state index contributed by atoms with van der Waals surface area (Å²) in [4.78, 5) is 0. The van der Waals surface area contributed by atoms with Gasteiger partial charge >= 0.3 is 0 Å². The van der Waals surface area contributed by atoms with E-state index in [9.17, 15) is 0 Å². The molecule has 0 heterocycles. The SMILES string of the molecule is CN[C@@H](C#N)c1cccc2ccccc12. The lowest BCUT2D eigenvalue weighted by molar-refractivity contribution is 0.732. The third kappa shape index (κ3) is 1.70. The Morgan fingerprint density at radius 2 is 1.87 bits per heavy atom. The summed E-state index contributed by atoms with van der Waals surface area (Å²) in [7, 11) is 1.80. The molecule has 0 saturated carbocycles. The van der Waals surface area contributed by atoms with Crippen molar-refractivity contribution in [3.8, 4) is 6.07 Å². The van der Waals surface area contributed by atoms with Gasteiger partial charge in [0.2, 0.25) is 0 Å². The van der Waals surface area contributed by atoms with Crippen LogP contribution >= 0.6 is 0 Å². The molecule has 2 nitrogen and oxygen atoms in total. The molecule has 1 N–H and O–H groups in total. The highest BCUT2D eigenvalue weighted by atomic mass is 14.9. The minimum Gasteiger partial charge on any atom is -0.301 e. The maximum atomic E-state index is 9.03. The highest BCUT2D eigenvalue weighted by Crippen LogP contribution is 2.23. The van der Waals surface area contributed by atoms with Gasteiger partial charge < -0.3 is 5.32 Å². The van der Waals surface area contributed by atoms with Crippen LogP contribution in [-0.2, 0) is 0 Å². The second kappa shape index (κ2) is 4.12. The molecule has 0 radical (unpaired) electrons. The first-order valence-electron chi connectivity index (χ1n) is 4.91. The van der Waals surface area contributed by atoms with Crippen LogP contribution in [0.15, 0.2) is 42.5 Å². The van der Waals surface area contributed by atoms with E-state index in [1.165, 1.54) is 5.39 Å². The predicted octanol–water partition coefficient (Wildman–Crippen LogP) is 2.62. The zero-order chi connectivity index (χ0) is 10.7. The number of benzene rings is 2. The molecule has 1 atom stereocenters. The molecule has 0 aliphatic carbocycles. The molecule has 0 spiro atoms. The molecular formula is C13H12N2. The molecule has 0 aliphatic heterocycles. The van der Waals surface area contributed by atoms with Crippen molar-refractivity contribution in [2.45, 2.75) is 6.04 Å². The lowest BCUT2D eigenvalue weighted by Crippen LogP contribution is -2.14. The van der Waals surface area contributed by atoms with Crippen LogP contribution in [0, 0.1) is 11.3 Å². The largest absolute Gasteiger partial charge is 0.301 e. The summed E-state index contributed by atoms with van der Waals surface area (Å²) < 4.78 is 0. The van der Waals surface area contributed by atoms with Crippen molar-refractivity contribution >= 4 is 10.8 Å². The number of nitrogens with zero attached hydrogens (tertiary/aromatic N) is 1. The standard InChI is InChI=1S/C13H12N2/c1-15-13(9-14)12-8-4-6-10-5-2-3-7-11(10)12/h2-8,13,15H,1H3/t13-/m0/s1. The molecule has 2 aromatic rings. The minimum absolute atomic E-state index is 0.240. The van der Waals surface area contributed by atoms with E-state index in [-0.39, 0.29) is 6.04 Å². The Kier molecular flexibility index (Phi) is 2.66. The molecule has 2 rings (SSSR count). The molecule has 0 aromatic heterocycles. The molecule has 0 amide bonds. The molecule has 15 heavy (non-hydrogen) atoms. The smallest absolute Gasteiger partial charge is 0.121 e. The van der Waals surface area contributed by atoms with Gasteiger partial charge in [0.05, 0.1) is 6.07 Å². The van der Waals surface area contributed by atoms with Gasteiger partial charge in [-0.25, -0.2) is 0 Å². The summed E-state index contributed by atoms with van der Waals surface area (Å²) >= 11 is 0. The number of hydrogen-bond acceptors (Lipinski definition) is 2. The summed E-state index contributed by atoms with van der Waals surface area (Å²) in [6, 6.07) is 16.2. The molecule has 2 heteroatoms. The van der Waals surface area contributed by atoms with Gasteiger partial charge in [0.25, 0.3) is 0 Å². The van der Waals surface area contributed by atoms with E-state index >= 15 is 0 Å². The van der Waals surface area contributed by atoms with Crippen LogP contribution in [0.5, 0.6) is 0 Å². The van der Waals surface area contributed by atoms with E-state index in [0.717, 1.165) is 10.9 Å². The first-order chi connectivity index (χ1) is 7.36. The monoisotopic (exact) mass is 196 g/mol. The van der Waals surface area contributed by atoms with Crippen molar-refractivity contribution in [1.82, 2.24) is 5.32 Å². The van der Waals surface area contributed by atoms with E-state index in [4.69, 9.17) is 5.26 Å². The van der Waals surface area contributed by atoms with Crippen LogP contribution in [0.4, 0.5) is 0 Å². The third-order valence-corrected chi connectivity index (χ3v) is 2.55. The maximum Gasteiger partial charge on any atom is 0.121 e. The van der Waals surface area contributed by atoms with Gasteiger partial charge in [-0.15, -0.1) is 0 Å².